The van der Waals surface area contributed by atoms with Crippen LogP contribution in [-0.4, -0.2) is 18.4 Å². The summed E-state index contributed by atoms with van der Waals surface area (Å²) in [4.78, 5) is 10.7. The third kappa shape index (κ3) is 0.601. The summed E-state index contributed by atoms with van der Waals surface area (Å²) < 4.78 is 0. The maximum Gasteiger partial charge on any atom is 0.134 e. The van der Waals surface area contributed by atoms with Crippen LogP contribution in [-0.2, 0) is 4.79 Å². The molecule has 2 nitrogen and oxygen atoms in total. The SMILES string of the molecule is CCC1NCC12CC(=O)C2. The van der Waals surface area contributed by atoms with Gasteiger partial charge in [0.05, 0.1) is 0 Å². The van der Waals surface area contributed by atoms with Crippen LogP contribution in [0.4, 0.5) is 0 Å². The van der Waals surface area contributed by atoms with Crippen molar-refractivity contribution >= 4 is 5.78 Å². The third-order valence-corrected chi connectivity index (χ3v) is 2.95. The van der Waals surface area contributed by atoms with E-state index in [4.69, 9.17) is 0 Å². The number of carbonyl (C=O) groups excluding carboxylic acids is 1. The van der Waals surface area contributed by atoms with E-state index in [2.05, 4.69) is 12.2 Å². The van der Waals surface area contributed by atoms with E-state index in [1.807, 2.05) is 0 Å². The fourth-order valence-electron chi connectivity index (χ4n) is 2.22. The highest BCUT2D eigenvalue weighted by Gasteiger charge is 2.53. The Bertz CT molecular complexity index is 166. The average Bonchev–Trinajstić information content (AvgIpc) is 1.79. The van der Waals surface area contributed by atoms with Crippen LogP contribution in [0.5, 0.6) is 0 Å². The Hall–Kier alpha value is -0.370. The lowest BCUT2D eigenvalue weighted by atomic mass is 9.58. The highest BCUT2D eigenvalue weighted by atomic mass is 16.1. The van der Waals surface area contributed by atoms with Gasteiger partial charge < -0.3 is 5.32 Å². The van der Waals surface area contributed by atoms with Gasteiger partial charge in [-0.3, -0.25) is 4.79 Å². The summed E-state index contributed by atoms with van der Waals surface area (Å²) in [5.74, 6) is 0.458. The minimum atomic E-state index is 0.422. The number of ketones is 1. The number of hydrogen-bond donors (Lipinski definition) is 1. The molecule has 0 aromatic rings. The van der Waals surface area contributed by atoms with Crippen LogP contribution in [0.1, 0.15) is 26.2 Å². The van der Waals surface area contributed by atoms with Crippen LogP contribution in [0.25, 0.3) is 0 Å². The second-order valence-electron chi connectivity index (χ2n) is 3.60. The summed E-state index contributed by atoms with van der Waals surface area (Å²) in [6.45, 7) is 3.26. The van der Waals surface area contributed by atoms with E-state index in [9.17, 15) is 4.79 Å². The zero-order valence-electron chi connectivity index (χ0n) is 6.31. The predicted octanol–water partition coefficient (Wildman–Crippen LogP) is 0.718. The van der Waals surface area contributed by atoms with E-state index < -0.39 is 0 Å². The first-order chi connectivity index (χ1) is 4.77. The Kier molecular flexibility index (Phi) is 1.15. The van der Waals surface area contributed by atoms with Gasteiger partial charge in [-0.15, -0.1) is 0 Å². The molecule has 1 N–H and O–H groups in total. The Balaban J connectivity index is 1.99. The molecule has 1 aliphatic carbocycles. The molecule has 1 unspecified atom stereocenters. The van der Waals surface area contributed by atoms with Gasteiger partial charge in [-0.25, -0.2) is 0 Å². The van der Waals surface area contributed by atoms with Gasteiger partial charge in [-0.1, -0.05) is 6.92 Å². The van der Waals surface area contributed by atoms with Crippen molar-refractivity contribution in [3.05, 3.63) is 0 Å². The molecule has 1 saturated carbocycles. The molecule has 2 rings (SSSR count). The van der Waals surface area contributed by atoms with Crippen LogP contribution in [0.2, 0.25) is 0 Å². The summed E-state index contributed by atoms with van der Waals surface area (Å²) >= 11 is 0. The van der Waals surface area contributed by atoms with Crippen LogP contribution in [0, 0.1) is 5.41 Å². The van der Waals surface area contributed by atoms with Crippen molar-refractivity contribution in [2.24, 2.45) is 5.41 Å². The van der Waals surface area contributed by atoms with Crippen LogP contribution < -0.4 is 5.32 Å². The van der Waals surface area contributed by atoms with E-state index in [1.165, 1.54) is 6.42 Å². The number of rotatable bonds is 1. The van der Waals surface area contributed by atoms with E-state index in [-0.39, 0.29) is 0 Å². The predicted molar refractivity (Wildman–Crippen MR) is 38.8 cm³/mol. The number of hydrogen-bond acceptors (Lipinski definition) is 2. The Labute approximate surface area is 61.0 Å². The summed E-state index contributed by atoms with van der Waals surface area (Å²) in [6.07, 6.45) is 2.87. The van der Waals surface area contributed by atoms with Crippen molar-refractivity contribution in [1.29, 1.82) is 0 Å². The molecule has 1 heterocycles. The van der Waals surface area contributed by atoms with Gasteiger partial charge in [0, 0.05) is 30.8 Å². The molecular formula is C8H13NO. The van der Waals surface area contributed by atoms with Gasteiger partial charge in [-0.05, 0) is 6.42 Å². The van der Waals surface area contributed by atoms with Crippen molar-refractivity contribution in [3.8, 4) is 0 Å². The van der Waals surface area contributed by atoms with Gasteiger partial charge in [0.1, 0.15) is 5.78 Å². The lowest BCUT2D eigenvalue weighted by molar-refractivity contribution is -0.140. The number of carbonyl (C=O) groups is 1. The first-order valence-corrected chi connectivity index (χ1v) is 4.02. The molecule has 1 spiro atoms. The molecule has 1 atom stereocenters. The molecule has 0 amide bonds. The quantitative estimate of drug-likeness (QED) is 0.580. The van der Waals surface area contributed by atoms with Crippen molar-refractivity contribution in [3.63, 3.8) is 0 Å². The summed E-state index contributed by atoms with van der Waals surface area (Å²) in [5, 5.41) is 3.36. The largest absolute Gasteiger partial charge is 0.313 e. The maximum atomic E-state index is 10.7. The summed E-state index contributed by atoms with van der Waals surface area (Å²) in [5.41, 5.74) is 0.422. The second kappa shape index (κ2) is 1.82. The van der Waals surface area contributed by atoms with Gasteiger partial charge in [0.2, 0.25) is 0 Å². The highest BCUT2D eigenvalue weighted by molar-refractivity contribution is 5.87. The molecule has 1 aliphatic heterocycles. The summed E-state index contributed by atoms with van der Waals surface area (Å²) in [6, 6.07) is 0.644. The lowest BCUT2D eigenvalue weighted by Crippen LogP contribution is -2.67. The standard InChI is InChI=1S/C8H13NO/c1-2-7-8(5-9-7)3-6(10)4-8/h7,9H,2-5H2,1H3. The average molecular weight is 139 g/mol. The third-order valence-electron chi connectivity index (χ3n) is 2.95. The van der Waals surface area contributed by atoms with Gasteiger partial charge in [-0.2, -0.15) is 0 Å². The highest BCUT2D eigenvalue weighted by Crippen LogP contribution is 2.46. The molecule has 0 aromatic heterocycles. The van der Waals surface area contributed by atoms with E-state index in [1.54, 1.807) is 0 Å². The van der Waals surface area contributed by atoms with Crippen LogP contribution >= 0.6 is 0 Å². The van der Waals surface area contributed by atoms with Crippen molar-refractivity contribution < 1.29 is 4.79 Å². The molecule has 2 fully saturated rings. The van der Waals surface area contributed by atoms with Gasteiger partial charge in [0.25, 0.3) is 0 Å². The maximum absolute atomic E-state index is 10.7. The molecule has 10 heavy (non-hydrogen) atoms. The Morgan fingerprint density at radius 2 is 2.40 bits per heavy atom. The van der Waals surface area contributed by atoms with E-state index >= 15 is 0 Å². The van der Waals surface area contributed by atoms with Crippen molar-refractivity contribution in [2.75, 3.05) is 6.54 Å². The fraction of sp³-hybridized carbons (Fsp3) is 0.875. The molecular weight excluding hydrogens is 126 g/mol. The zero-order valence-corrected chi connectivity index (χ0v) is 6.31. The van der Waals surface area contributed by atoms with Gasteiger partial charge in [0.15, 0.2) is 0 Å². The van der Waals surface area contributed by atoms with Crippen molar-refractivity contribution in [2.45, 2.75) is 32.2 Å². The Morgan fingerprint density at radius 1 is 1.70 bits per heavy atom. The first kappa shape index (κ1) is 6.35. The van der Waals surface area contributed by atoms with Crippen molar-refractivity contribution in [1.82, 2.24) is 5.32 Å². The molecule has 1 saturated heterocycles. The smallest absolute Gasteiger partial charge is 0.134 e. The van der Waals surface area contributed by atoms with Gasteiger partial charge >= 0.3 is 0 Å². The fourth-order valence-corrected chi connectivity index (χ4v) is 2.22. The van der Waals surface area contributed by atoms with E-state index in [0.29, 0.717) is 17.2 Å². The number of Topliss-reactive ketones (excluding diaryl/α,β-unsaturated/α-hetero) is 1. The molecule has 0 bridgehead atoms. The zero-order chi connectivity index (χ0) is 7.19. The van der Waals surface area contributed by atoms with Crippen LogP contribution in [0.15, 0.2) is 0 Å². The minimum Gasteiger partial charge on any atom is -0.313 e. The van der Waals surface area contributed by atoms with Crippen LogP contribution in [0.3, 0.4) is 0 Å². The van der Waals surface area contributed by atoms with E-state index in [0.717, 1.165) is 19.4 Å². The molecule has 56 valence electrons. The minimum absolute atomic E-state index is 0.422. The second-order valence-corrected chi connectivity index (χ2v) is 3.60. The lowest BCUT2D eigenvalue weighted by Gasteiger charge is -2.55. The topological polar surface area (TPSA) is 29.1 Å². The molecule has 0 aromatic carbocycles. The molecule has 0 radical (unpaired) electrons. The normalized spacial score (nSPS) is 35.3. The molecule has 2 heteroatoms. The Morgan fingerprint density at radius 3 is 2.70 bits per heavy atom. The summed E-state index contributed by atoms with van der Waals surface area (Å²) in [7, 11) is 0. The first-order valence-electron chi connectivity index (χ1n) is 4.02. The monoisotopic (exact) mass is 139 g/mol. The number of nitrogens with one attached hydrogen (secondary N) is 1. The molecule has 2 aliphatic rings.